The molecule has 4 rings (SSSR count). The van der Waals surface area contributed by atoms with Gasteiger partial charge in [0.15, 0.2) is 17.3 Å². The van der Waals surface area contributed by atoms with Crippen LogP contribution in [0.2, 0.25) is 0 Å². The minimum absolute atomic E-state index is 0.0196. The first-order valence-electron chi connectivity index (χ1n) is 9.88. The number of hydrogen-bond acceptors (Lipinski definition) is 5. The lowest BCUT2D eigenvalue weighted by atomic mass is 10.2. The van der Waals surface area contributed by atoms with E-state index in [1.54, 1.807) is 19.9 Å². The number of fused-ring (bicyclic) bond motifs is 1. The fourth-order valence-electron chi connectivity index (χ4n) is 3.43. The van der Waals surface area contributed by atoms with Gasteiger partial charge in [0.1, 0.15) is 11.6 Å². The van der Waals surface area contributed by atoms with E-state index in [0.29, 0.717) is 22.5 Å². The monoisotopic (exact) mass is 451 g/mol. The van der Waals surface area contributed by atoms with Crippen LogP contribution >= 0.6 is 0 Å². The Morgan fingerprint density at radius 3 is 2.55 bits per heavy atom. The Bertz CT molecular complexity index is 1400. The summed E-state index contributed by atoms with van der Waals surface area (Å²) in [7, 11) is 1.23. The molecule has 4 aromatic rings. The van der Waals surface area contributed by atoms with Crippen molar-refractivity contribution in [3.8, 4) is 11.5 Å². The Balaban J connectivity index is 1.65. The number of amides is 1. The van der Waals surface area contributed by atoms with E-state index in [1.165, 1.54) is 60.3 Å². The van der Waals surface area contributed by atoms with Gasteiger partial charge in [-0.05, 0) is 61.9 Å². The number of carbonyl (C=O) groups is 2. The number of halogens is 2. The first-order chi connectivity index (χ1) is 15.8. The standard InChI is InChI=1S/C24H19F2N3O4/c1-13-10-15(4-5-18(13)25)28-24(31)29-14(2)11-17-20(29)6-7-21(22(17)26)33-16-8-9-27-19(12-16)23(30)32-3/h4-12H,1-3H3,(H,28,31). The zero-order valence-electron chi connectivity index (χ0n) is 18.0. The number of benzene rings is 2. The lowest BCUT2D eigenvalue weighted by Gasteiger charge is -2.11. The summed E-state index contributed by atoms with van der Waals surface area (Å²) < 4.78 is 40.3. The summed E-state index contributed by atoms with van der Waals surface area (Å²) in [6.07, 6.45) is 1.35. The summed E-state index contributed by atoms with van der Waals surface area (Å²) >= 11 is 0. The molecule has 0 fully saturated rings. The third kappa shape index (κ3) is 4.25. The van der Waals surface area contributed by atoms with E-state index in [-0.39, 0.29) is 28.4 Å². The van der Waals surface area contributed by atoms with Gasteiger partial charge in [-0.2, -0.15) is 0 Å². The Labute approximate surface area is 187 Å². The number of pyridine rings is 1. The summed E-state index contributed by atoms with van der Waals surface area (Å²) in [4.78, 5) is 28.4. The maximum atomic E-state index is 15.2. The molecule has 1 amide bonds. The highest BCUT2D eigenvalue weighted by Crippen LogP contribution is 2.32. The largest absolute Gasteiger partial charge is 0.464 e. The van der Waals surface area contributed by atoms with Gasteiger partial charge in [-0.15, -0.1) is 0 Å². The number of nitrogens with one attached hydrogen (secondary N) is 1. The Kier molecular flexibility index (Phi) is 5.78. The van der Waals surface area contributed by atoms with Crippen LogP contribution in [0.5, 0.6) is 11.5 Å². The quantitative estimate of drug-likeness (QED) is 0.409. The maximum absolute atomic E-state index is 15.2. The number of hydrogen-bond donors (Lipinski definition) is 1. The van der Waals surface area contributed by atoms with Gasteiger partial charge in [-0.25, -0.2) is 23.4 Å². The highest BCUT2D eigenvalue weighted by atomic mass is 19.1. The number of aryl methyl sites for hydroxylation is 2. The van der Waals surface area contributed by atoms with Crippen molar-refractivity contribution in [2.45, 2.75) is 13.8 Å². The topological polar surface area (TPSA) is 82.5 Å². The molecule has 0 saturated carbocycles. The van der Waals surface area contributed by atoms with Crippen LogP contribution < -0.4 is 10.1 Å². The smallest absolute Gasteiger partial charge is 0.356 e. The molecule has 2 heterocycles. The Morgan fingerprint density at radius 2 is 1.82 bits per heavy atom. The molecule has 0 aliphatic heterocycles. The van der Waals surface area contributed by atoms with Gasteiger partial charge in [0.05, 0.1) is 12.6 Å². The second-order valence-corrected chi connectivity index (χ2v) is 7.30. The molecule has 168 valence electrons. The average molecular weight is 451 g/mol. The van der Waals surface area contributed by atoms with Gasteiger partial charge >= 0.3 is 12.0 Å². The zero-order chi connectivity index (χ0) is 23.7. The summed E-state index contributed by atoms with van der Waals surface area (Å²) in [6.45, 7) is 3.26. The van der Waals surface area contributed by atoms with Crippen molar-refractivity contribution in [3.63, 3.8) is 0 Å². The second kappa shape index (κ2) is 8.70. The van der Waals surface area contributed by atoms with Crippen molar-refractivity contribution in [1.82, 2.24) is 9.55 Å². The van der Waals surface area contributed by atoms with Crippen LogP contribution in [0.25, 0.3) is 10.9 Å². The number of nitrogens with zero attached hydrogens (tertiary/aromatic N) is 2. The van der Waals surface area contributed by atoms with E-state index in [2.05, 4.69) is 15.0 Å². The molecule has 2 aromatic heterocycles. The van der Waals surface area contributed by atoms with Crippen molar-refractivity contribution in [1.29, 1.82) is 0 Å². The number of esters is 1. The molecule has 0 bridgehead atoms. The third-order valence-corrected chi connectivity index (χ3v) is 5.03. The van der Waals surface area contributed by atoms with E-state index < -0.39 is 17.8 Å². The van der Waals surface area contributed by atoms with E-state index >= 15 is 4.39 Å². The predicted molar refractivity (Wildman–Crippen MR) is 118 cm³/mol. The van der Waals surface area contributed by atoms with Gasteiger partial charge in [0.2, 0.25) is 0 Å². The number of anilines is 1. The SMILES string of the molecule is COC(=O)c1cc(Oc2ccc3c(cc(C)n3C(=O)Nc3ccc(F)c(C)c3)c2F)ccn1. The van der Waals surface area contributed by atoms with E-state index in [1.807, 2.05) is 0 Å². The molecule has 7 nitrogen and oxygen atoms in total. The van der Waals surface area contributed by atoms with Gasteiger partial charge in [-0.3, -0.25) is 4.57 Å². The van der Waals surface area contributed by atoms with E-state index in [4.69, 9.17) is 4.74 Å². The van der Waals surface area contributed by atoms with Crippen LogP contribution in [0, 0.1) is 25.5 Å². The summed E-state index contributed by atoms with van der Waals surface area (Å²) in [5, 5.41) is 2.87. The molecular formula is C24H19F2N3O4. The van der Waals surface area contributed by atoms with Gasteiger partial charge in [0.25, 0.3) is 0 Å². The van der Waals surface area contributed by atoms with Crippen LogP contribution in [-0.4, -0.2) is 28.7 Å². The van der Waals surface area contributed by atoms with E-state index in [9.17, 15) is 14.0 Å². The molecular weight excluding hydrogens is 432 g/mol. The van der Waals surface area contributed by atoms with Gasteiger partial charge in [0, 0.05) is 29.0 Å². The highest BCUT2D eigenvalue weighted by Gasteiger charge is 2.19. The average Bonchev–Trinajstić information content (AvgIpc) is 3.14. The van der Waals surface area contributed by atoms with E-state index in [0.717, 1.165) is 0 Å². The third-order valence-electron chi connectivity index (χ3n) is 5.03. The molecule has 33 heavy (non-hydrogen) atoms. The summed E-state index contributed by atoms with van der Waals surface area (Å²) in [5.74, 6) is -1.58. The first-order valence-corrected chi connectivity index (χ1v) is 9.88. The van der Waals surface area contributed by atoms with Crippen molar-refractivity contribution < 1.29 is 27.8 Å². The molecule has 0 spiro atoms. The lowest BCUT2D eigenvalue weighted by molar-refractivity contribution is 0.0593. The number of rotatable bonds is 4. The van der Waals surface area contributed by atoms with Crippen LogP contribution in [-0.2, 0) is 4.74 Å². The number of ether oxygens (including phenoxy) is 2. The highest BCUT2D eigenvalue weighted by molar-refractivity contribution is 6.00. The van der Waals surface area contributed by atoms with Crippen LogP contribution in [0.4, 0.5) is 19.3 Å². The fourth-order valence-corrected chi connectivity index (χ4v) is 3.43. The minimum Gasteiger partial charge on any atom is -0.464 e. The van der Waals surface area contributed by atoms with Crippen molar-refractivity contribution in [2.75, 3.05) is 12.4 Å². The van der Waals surface area contributed by atoms with Crippen LogP contribution in [0.15, 0.2) is 54.7 Å². The number of methoxy groups -OCH3 is 1. The lowest BCUT2D eigenvalue weighted by Crippen LogP contribution is -2.20. The second-order valence-electron chi connectivity index (χ2n) is 7.30. The first kappa shape index (κ1) is 21.9. The molecule has 9 heteroatoms. The predicted octanol–water partition coefficient (Wildman–Crippen LogP) is 5.59. The Hall–Kier alpha value is -4.27. The molecule has 1 N–H and O–H groups in total. The molecule has 2 aromatic carbocycles. The maximum Gasteiger partial charge on any atom is 0.356 e. The molecule has 0 aliphatic carbocycles. The molecule has 0 aliphatic rings. The van der Waals surface area contributed by atoms with Crippen molar-refractivity contribution in [3.05, 3.63) is 83.3 Å². The minimum atomic E-state index is -0.670. The number of carbonyl (C=O) groups excluding carboxylic acids is 2. The molecule has 0 saturated heterocycles. The normalized spacial score (nSPS) is 10.8. The molecule has 0 unspecified atom stereocenters. The van der Waals surface area contributed by atoms with Crippen LogP contribution in [0.3, 0.4) is 0 Å². The number of aromatic nitrogens is 2. The fraction of sp³-hybridized carbons (Fsp3) is 0.125. The zero-order valence-corrected chi connectivity index (χ0v) is 18.0. The van der Waals surface area contributed by atoms with Crippen molar-refractivity contribution >= 4 is 28.6 Å². The Morgan fingerprint density at radius 1 is 1.03 bits per heavy atom. The van der Waals surface area contributed by atoms with Gasteiger partial charge in [-0.1, -0.05) is 0 Å². The van der Waals surface area contributed by atoms with Gasteiger partial charge < -0.3 is 14.8 Å². The molecule has 0 radical (unpaired) electrons. The van der Waals surface area contributed by atoms with Crippen LogP contribution in [0.1, 0.15) is 21.7 Å². The summed E-state index contributed by atoms with van der Waals surface area (Å²) in [5.41, 5.74) is 1.65. The molecule has 0 atom stereocenters. The van der Waals surface area contributed by atoms with Crippen molar-refractivity contribution in [2.24, 2.45) is 0 Å². The summed E-state index contributed by atoms with van der Waals surface area (Å²) in [6, 6.07) is 11.0.